The molecule has 1 fully saturated rings. The number of carbonyl (C=O) groups is 12. The van der Waals surface area contributed by atoms with Crippen LogP contribution in [0.2, 0.25) is 0 Å². The number of benzene rings is 2. The van der Waals surface area contributed by atoms with Gasteiger partial charge in [0.05, 0.1) is 48.8 Å². The summed E-state index contributed by atoms with van der Waals surface area (Å²) >= 11 is 0. The number of unbranched alkanes of at least 4 members (excludes halogenated alkanes) is 2. The van der Waals surface area contributed by atoms with E-state index in [0.29, 0.717) is 56.2 Å². The first-order valence-corrected chi connectivity index (χ1v) is 34.2. The Kier molecular flexibility index (Phi) is 33.5. The highest BCUT2D eigenvalue weighted by atomic mass is 16.6. The molecule has 98 heavy (non-hydrogen) atoms. The molecule has 4 rings (SSSR count). The van der Waals surface area contributed by atoms with Crippen molar-refractivity contribution in [1.82, 2.24) is 46.2 Å². The van der Waals surface area contributed by atoms with Gasteiger partial charge in [-0.15, -0.1) is 0 Å². The lowest BCUT2D eigenvalue weighted by atomic mass is 9.89. The van der Waals surface area contributed by atoms with Crippen LogP contribution in [0, 0.1) is 29.6 Å². The van der Waals surface area contributed by atoms with Crippen molar-refractivity contribution in [3.8, 4) is 0 Å². The van der Waals surface area contributed by atoms with E-state index in [-0.39, 0.29) is 80.0 Å². The van der Waals surface area contributed by atoms with Crippen LogP contribution in [0.4, 0.5) is 10.5 Å². The lowest BCUT2D eigenvalue weighted by molar-refractivity contribution is -0.148. The fraction of sp³-hybridized carbons (Fsp3) is 0.634. The average Bonchev–Trinajstić information content (AvgIpc) is 1.34. The van der Waals surface area contributed by atoms with Crippen molar-refractivity contribution in [3.63, 3.8) is 0 Å². The van der Waals surface area contributed by atoms with Gasteiger partial charge >= 0.3 is 12.1 Å². The molecule has 0 unspecified atom stereocenters. The van der Waals surface area contributed by atoms with Gasteiger partial charge in [0.2, 0.25) is 47.3 Å². The summed E-state index contributed by atoms with van der Waals surface area (Å²) in [5.41, 5.74) is 1.38. The Morgan fingerprint density at radius 1 is 0.684 bits per heavy atom. The number of carbonyl (C=O) groups excluding carboxylic acids is 11. The molecule has 27 heteroatoms. The maximum absolute atomic E-state index is 14.8. The van der Waals surface area contributed by atoms with Gasteiger partial charge in [-0.25, -0.2) is 4.79 Å². The third-order valence-corrected chi connectivity index (χ3v) is 18.2. The lowest BCUT2D eigenvalue weighted by Crippen LogP contribution is -2.60. The predicted octanol–water partition coefficient (Wildman–Crippen LogP) is 5.39. The number of aliphatic hydroxyl groups excluding tert-OH is 1. The molecule has 27 nitrogen and oxygen atoms in total. The number of methoxy groups -OCH3 is 2. The first-order valence-electron chi connectivity index (χ1n) is 34.2. The summed E-state index contributed by atoms with van der Waals surface area (Å²) in [6, 6.07) is 7.66. The number of carboxylic acids is 1. The van der Waals surface area contributed by atoms with Crippen LogP contribution in [-0.2, 0) is 73.6 Å². The van der Waals surface area contributed by atoms with E-state index in [1.807, 2.05) is 45.9 Å². The number of nitrogens with zero attached hydrogens (tertiary/aromatic N) is 4. The topological polar surface area (TPSA) is 358 Å². The second-order valence-electron chi connectivity index (χ2n) is 27.0. The number of ether oxygens (including phenoxy) is 3. The quantitative estimate of drug-likeness (QED) is 0.0306. The van der Waals surface area contributed by atoms with Crippen molar-refractivity contribution in [2.45, 2.75) is 220 Å². The third-order valence-electron chi connectivity index (χ3n) is 18.2. The van der Waals surface area contributed by atoms with Crippen molar-refractivity contribution in [1.29, 1.82) is 0 Å². The molecule has 2 heterocycles. The molecule has 13 atom stereocenters. The van der Waals surface area contributed by atoms with Crippen molar-refractivity contribution in [3.05, 3.63) is 77.9 Å². The number of likely N-dealkylation sites (tertiary alicyclic amines) is 1. The standard InChI is InChI=1S/C71H108N10O17/c1-16-44(8)62(54(96-14)39-58(85)80-37-23-26-53(80)64(97-15)45(9)65(89)72-46(10)63(88)49-24-19-17-20-25-49)78(12)70(94)60(42(4)5)77-69(93)61(43(6)7)79(13)71(95)98-40-48-28-30-50(31-29-48)74-67(91)51(32-35-59(86)87)76-66(90)47(11)73-68(92)52(38-41(2)3)75-55(82)27-21-18-22-36-81-56(83)33-34-57(81)84/h17,19-20,24-25,28-31,33-34,41-47,51-54,60-64,88H,16,18,21-23,26-27,32,35-40H2,1-15H3,(H,72,89)(H,73,92)(H,74,91)(H,75,82)(H,76,90)(H,77,93)(H,86,87)/t44-,45+,46+,47-,51-,52+,53-,54+,60-,61-,62-,63+,64+/m0/s1. The maximum atomic E-state index is 14.8. The van der Waals surface area contributed by atoms with E-state index < -0.39 is 138 Å². The summed E-state index contributed by atoms with van der Waals surface area (Å²) in [7, 11) is 6.03. The number of anilines is 1. The summed E-state index contributed by atoms with van der Waals surface area (Å²) in [4.78, 5) is 166. The van der Waals surface area contributed by atoms with E-state index in [1.54, 1.807) is 77.8 Å². The molecule has 2 aliphatic heterocycles. The smallest absolute Gasteiger partial charge is 0.410 e. The number of nitrogens with one attached hydrogen (secondary N) is 6. The average molecular weight is 1370 g/mol. The van der Waals surface area contributed by atoms with Gasteiger partial charge in [-0.2, -0.15) is 0 Å². The Hall–Kier alpha value is -8.30. The van der Waals surface area contributed by atoms with Gasteiger partial charge in [-0.1, -0.05) is 118 Å². The SMILES string of the molecule is CC[C@H](C)[C@@H]([C@@H](CC(=O)N1CCC[C@H]1[C@H](OC)[C@@H](C)C(=O)N[C@H](C)[C@@H](O)c1ccccc1)OC)N(C)C(=O)[C@@H](NC(=O)[C@H](C(C)C)N(C)C(=O)OCc1ccc(NC(=O)[C@H](CCC(=O)O)NC(=O)[C@H](C)NC(=O)[C@@H](CC(C)C)NC(=O)CCCCCN2C(=O)C=CC2=O)cc1)C(C)C. The van der Waals surface area contributed by atoms with Crippen LogP contribution < -0.4 is 31.9 Å². The number of rotatable bonds is 40. The highest BCUT2D eigenvalue weighted by molar-refractivity contribution is 6.12. The van der Waals surface area contributed by atoms with E-state index in [2.05, 4.69) is 31.9 Å². The number of imide groups is 1. The van der Waals surface area contributed by atoms with Crippen molar-refractivity contribution >= 4 is 76.8 Å². The number of aliphatic hydroxyl groups is 1. The van der Waals surface area contributed by atoms with Crippen LogP contribution in [0.5, 0.6) is 0 Å². The zero-order valence-electron chi connectivity index (χ0n) is 59.8. The lowest BCUT2D eigenvalue weighted by Gasteiger charge is -2.41. The summed E-state index contributed by atoms with van der Waals surface area (Å²) < 4.78 is 17.7. The minimum absolute atomic E-state index is 0.0394. The number of carboxylic acid groups (broad SMARTS) is 1. The molecular formula is C71H108N10O17. The minimum atomic E-state index is -1.37. The first-order chi connectivity index (χ1) is 46.3. The van der Waals surface area contributed by atoms with Gasteiger partial charge < -0.3 is 66.1 Å². The van der Waals surface area contributed by atoms with Crippen LogP contribution >= 0.6 is 0 Å². The Labute approximate surface area is 577 Å². The summed E-state index contributed by atoms with van der Waals surface area (Å²) in [5.74, 6) is -8.07. The maximum Gasteiger partial charge on any atom is 0.410 e. The van der Waals surface area contributed by atoms with Gasteiger partial charge in [0.15, 0.2) is 0 Å². The van der Waals surface area contributed by atoms with E-state index >= 15 is 0 Å². The molecule has 0 radical (unpaired) electrons. The Balaban J connectivity index is 1.35. The van der Waals surface area contributed by atoms with Gasteiger partial charge in [0, 0.05) is 72.1 Å². The molecule has 0 aliphatic carbocycles. The van der Waals surface area contributed by atoms with Gasteiger partial charge in [0.25, 0.3) is 11.8 Å². The molecule has 2 aliphatic rings. The molecule has 2 aromatic rings. The van der Waals surface area contributed by atoms with E-state index in [0.717, 1.165) is 9.80 Å². The summed E-state index contributed by atoms with van der Waals surface area (Å²) in [5, 5.41) is 36.8. The fourth-order valence-electron chi connectivity index (χ4n) is 12.4. The van der Waals surface area contributed by atoms with Crippen LogP contribution in [0.25, 0.3) is 0 Å². The number of aliphatic carboxylic acids is 1. The van der Waals surface area contributed by atoms with E-state index in [9.17, 15) is 67.7 Å². The molecule has 0 aromatic heterocycles. The van der Waals surface area contributed by atoms with Crippen LogP contribution in [0.3, 0.4) is 0 Å². The number of hydrogen-bond donors (Lipinski definition) is 8. The molecule has 11 amide bonds. The number of likely N-dealkylation sites (N-methyl/N-ethyl adjacent to an activating group) is 2. The number of amides is 11. The fourth-order valence-corrected chi connectivity index (χ4v) is 12.4. The zero-order valence-corrected chi connectivity index (χ0v) is 59.8. The van der Waals surface area contributed by atoms with Crippen LogP contribution in [0.15, 0.2) is 66.7 Å². The van der Waals surface area contributed by atoms with Crippen LogP contribution in [-0.4, -0.2) is 203 Å². The number of hydrogen-bond acceptors (Lipinski definition) is 16. The second kappa shape index (κ2) is 39.9. The summed E-state index contributed by atoms with van der Waals surface area (Å²) in [6.45, 7) is 19.9. The molecule has 8 N–H and O–H groups in total. The monoisotopic (exact) mass is 1370 g/mol. The normalized spacial score (nSPS) is 17.5. The van der Waals surface area contributed by atoms with Crippen molar-refractivity contribution in [2.24, 2.45) is 29.6 Å². The molecule has 2 aromatic carbocycles. The first kappa shape index (κ1) is 82.1. The summed E-state index contributed by atoms with van der Waals surface area (Å²) in [6.07, 6.45) is 1.87. The van der Waals surface area contributed by atoms with E-state index in [1.165, 1.54) is 57.4 Å². The van der Waals surface area contributed by atoms with Crippen molar-refractivity contribution < 1.29 is 82.0 Å². The van der Waals surface area contributed by atoms with Gasteiger partial charge in [-0.3, -0.25) is 62.5 Å². The largest absolute Gasteiger partial charge is 0.481 e. The molecule has 0 saturated carbocycles. The molecular weight excluding hydrogens is 1260 g/mol. The Morgan fingerprint density at radius 2 is 1.33 bits per heavy atom. The molecule has 544 valence electrons. The van der Waals surface area contributed by atoms with Gasteiger partial charge in [-0.05, 0) is 99.3 Å². The third kappa shape index (κ3) is 24.3. The van der Waals surface area contributed by atoms with Gasteiger partial charge in [0.1, 0.15) is 36.8 Å². The van der Waals surface area contributed by atoms with Crippen molar-refractivity contribution in [2.75, 3.05) is 46.7 Å². The zero-order chi connectivity index (χ0) is 73.2. The van der Waals surface area contributed by atoms with Crippen LogP contribution in [0.1, 0.15) is 164 Å². The Bertz CT molecular complexity index is 3040. The predicted molar refractivity (Wildman–Crippen MR) is 366 cm³/mol. The Morgan fingerprint density at radius 3 is 1.90 bits per heavy atom. The molecule has 1 saturated heterocycles. The van der Waals surface area contributed by atoms with E-state index in [4.69, 9.17) is 14.2 Å². The second-order valence-corrected chi connectivity index (χ2v) is 27.0. The highest BCUT2D eigenvalue weighted by Gasteiger charge is 2.44. The molecule has 0 spiro atoms. The minimum Gasteiger partial charge on any atom is -0.481 e. The highest BCUT2D eigenvalue weighted by Crippen LogP contribution is 2.31. The molecule has 0 bridgehead atoms.